The lowest BCUT2D eigenvalue weighted by Gasteiger charge is -2.29. The van der Waals surface area contributed by atoms with Gasteiger partial charge in [-0.05, 0) is 37.5 Å². The van der Waals surface area contributed by atoms with Crippen LogP contribution >= 0.6 is 0 Å². The number of carbonyl (C=O) groups excluding carboxylic acids is 1. The van der Waals surface area contributed by atoms with Crippen molar-refractivity contribution in [3.05, 3.63) is 41.3 Å². The number of aromatic amines is 2. The molecule has 0 saturated carbocycles. The predicted molar refractivity (Wildman–Crippen MR) is 115 cm³/mol. The minimum absolute atomic E-state index is 0.129. The summed E-state index contributed by atoms with van der Waals surface area (Å²) in [6.07, 6.45) is 2.05. The number of aryl methyl sites for hydroxylation is 1. The van der Waals surface area contributed by atoms with Gasteiger partial charge >= 0.3 is 0 Å². The van der Waals surface area contributed by atoms with E-state index < -0.39 is 0 Å². The van der Waals surface area contributed by atoms with E-state index in [-0.39, 0.29) is 5.91 Å². The van der Waals surface area contributed by atoms with Gasteiger partial charge < -0.3 is 30.8 Å². The van der Waals surface area contributed by atoms with Gasteiger partial charge in [0.2, 0.25) is 0 Å². The van der Waals surface area contributed by atoms with E-state index >= 15 is 0 Å². The Kier molecular flexibility index (Phi) is 4.43. The molecule has 5 rings (SSSR count). The van der Waals surface area contributed by atoms with E-state index in [9.17, 15) is 4.79 Å². The fourth-order valence-electron chi connectivity index (χ4n) is 4.63. The summed E-state index contributed by atoms with van der Waals surface area (Å²) in [5, 5.41) is 9.64. The molecule has 8 nitrogen and oxygen atoms in total. The summed E-state index contributed by atoms with van der Waals surface area (Å²) in [6.45, 7) is 4.67. The molecule has 2 saturated heterocycles. The number of carbonyl (C=O) groups is 1. The van der Waals surface area contributed by atoms with Crippen molar-refractivity contribution in [2.45, 2.75) is 31.8 Å². The lowest BCUT2D eigenvalue weighted by Crippen LogP contribution is -2.43. The molecule has 0 spiro atoms. The van der Waals surface area contributed by atoms with Crippen molar-refractivity contribution >= 4 is 28.4 Å². The van der Waals surface area contributed by atoms with Gasteiger partial charge in [0.1, 0.15) is 17.0 Å². The highest BCUT2D eigenvalue weighted by atomic mass is 16.1. The van der Waals surface area contributed by atoms with E-state index in [0.717, 1.165) is 36.5 Å². The third kappa shape index (κ3) is 3.23. The molecule has 2 bridgehead atoms. The van der Waals surface area contributed by atoms with Crippen LogP contribution in [0.3, 0.4) is 0 Å². The number of nitrogens with zero attached hydrogens (tertiary/aromatic N) is 2. The van der Waals surface area contributed by atoms with E-state index in [0.29, 0.717) is 30.0 Å². The maximum Gasteiger partial charge on any atom is 0.270 e. The van der Waals surface area contributed by atoms with Crippen LogP contribution in [0.4, 0.5) is 11.4 Å². The van der Waals surface area contributed by atoms with Gasteiger partial charge in [-0.25, -0.2) is 4.98 Å². The summed E-state index contributed by atoms with van der Waals surface area (Å²) in [5.74, 6) is 0.687. The normalized spacial score (nSPS) is 20.6. The molecule has 29 heavy (non-hydrogen) atoms. The zero-order chi connectivity index (χ0) is 20.0. The van der Waals surface area contributed by atoms with Crippen LogP contribution in [-0.2, 0) is 6.42 Å². The summed E-state index contributed by atoms with van der Waals surface area (Å²) < 4.78 is 0. The minimum atomic E-state index is -0.129. The Bertz CT molecular complexity index is 1040. The van der Waals surface area contributed by atoms with Crippen LogP contribution in [-0.4, -0.2) is 59.6 Å². The topological polar surface area (TPSA) is 101 Å². The first-order valence-corrected chi connectivity index (χ1v) is 10.3. The van der Waals surface area contributed by atoms with Crippen LogP contribution in [0.25, 0.3) is 11.2 Å². The summed E-state index contributed by atoms with van der Waals surface area (Å²) in [4.78, 5) is 25.8. The first-order valence-electron chi connectivity index (χ1n) is 10.3. The lowest BCUT2D eigenvalue weighted by molar-refractivity contribution is 0.0950. The maximum atomic E-state index is 12.6. The number of benzene rings is 1. The molecule has 1 aromatic carbocycles. The Labute approximate surface area is 169 Å². The highest BCUT2D eigenvalue weighted by molar-refractivity contribution is 6.06. The van der Waals surface area contributed by atoms with Crippen LogP contribution < -0.4 is 20.9 Å². The number of nitrogens with one attached hydrogen (secondary N) is 5. The van der Waals surface area contributed by atoms with Crippen molar-refractivity contribution in [3.63, 3.8) is 0 Å². The summed E-state index contributed by atoms with van der Waals surface area (Å²) in [5.41, 5.74) is 5.30. The standard InChI is InChI=1S/C21H27N7O/c1-12-25-18-17(22-2)19(27-20(18)26-12)21(29)23-8-7-13-3-5-15(6-4-13)28-11-14-9-16(28)10-24-14/h3-6,14,16,22,24,27H,7-11H2,1-2H3,(H,23,29)(H,25,26). The molecule has 2 fully saturated rings. The van der Waals surface area contributed by atoms with Gasteiger partial charge in [-0.15, -0.1) is 0 Å². The van der Waals surface area contributed by atoms with Gasteiger partial charge in [-0.3, -0.25) is 4.79 Å². The molecule has 2 aliphatic rings. The van der Waals surface area contributed by atoms with Crippen LogP contribution in [0.2, 0.25) is 0 Å². The molecule has 2 atom stereocenters. The Balaban J connectivity index is 1.19. The molecule has 2 aromatic heterocycles. The lowest BCUT2D eigenvalue weighted by atomic mass is 10.1. The summed E-state index contributed by atoms with van der Waals surface area (Å²) in [7, 11) is 1.80. The Morgan fingerprint density at radius 2 is 2.10 bits per heavy atom. The second-order valence-corrected chi connectivity index (χ2v) is 7.99. The highest BCUT2D eigenvalue weighted by Gasteiger charge is 2.37. The monoisotopic (exact) mass is 393 g/mol. The predicted octanol–water partition coefficient (Wildman–Crippen LogP) is 1.76. The number of rotatable bonds is 6. The summed E-state index contributed by atoms with van der Waals surface area (Å²) in [6, 6.07) is 10.0. The fraction of sp³-hybridized carbons (Fsp3) is 0.429. The second-order valence-electron chi connectivity index (χ2n) is 7.99. The van der Waals surface area contributed by atoms with Gasteiger partial charge in [-0.1, -0.05) is 12.1 Å². The first-order chi connectivity index (χ1) is 14.1. The Morgan fingerprint density at radius 3 is 2.79 bits per heavy atom. The molecule has 5 N–H and O–H groups in total. The number of H-pyrrole nitrogens is 2. The highest BCUT2D eigenvalue weighted by Crippen LogP contribution is 2.29. The van der Waals surface area contributed by atoms with Crippen LogP contribution in [0.1, 0.15) is 28.3 Å². The van der Waals surface area contributed by atoms with Crippen LogP contribution in [0, 0.1) is 6.92 Å². The van der Waals surface area contributed by atoms with E-state index in [2.05, 4.69) is 60.1 Å². The van der Waals surface area contributed by atoms with Gasteiger partial charge in [0.25, 0.3) is 5.91 Å². The first kappa shape index (κ1) is 18.1. The number of imidazole rings is 1. The third-order valence-corrected chi connectivity index (χ3v) is 6.07. The average Bonchev–Trinajstić information content (AvgIpc) is 3.48. The number of amides is 1. The Hall–Kier alpha value is -3.00. The van der Waals surface area contributed by atoms with Gasteiger partial charge in [-0.2, -0.15) is 0 Å². The van der Waals surface area contributed by atoms with E-state index in [1.54, 1.807) is 7.05 Å². The van der Waals surface area contributed by atoms with Crippen LogP contribution in [0.5, 0.6) is 0 Å². The van der Waals surface area contributed by atoms with E-state index in [1.165, 1.54) is 17.7 Å². The third-order valence-electron chi connectivity index (χ3n) is 6.07. The molecular formula is C21H27N7O. The maximum absolute atomic E-state index is 12.6. The number of piperazine rings is 1. The van der Waals surface area contributed by atoms with Gasteiger partial charge in [0.15, 0.2) is 5.65 Å². The molecule has 0 radical (unpaired) electrons. The number of fused-ring (bicyclic) bond motifs is 3. The van der Waals surface area contributed by atoms with Crippen molar-refractivity contribution in [3.8, 4) is 0 Å². The smallest absolute Gasteiger partial charge is 0.270 e. The molecule has 1 amide bonds. The quantitative estimate of drug-likeness (QED) is 0.439. The van der Waals surface area contributed by atoms with Gasteiger partial charge in [0, 0.05) is 44.5 Å². The van der Waals surface area contributed by atoms with E-state index in [1.807, 2.05) is 6.92 Å². The molecule has 4 heterocycles. The molecule has 0 aliphatic carbocycles. The van der Waals surface area contributed by atoms with Crippen LogP contribution in [0.15, 0.2) is 24.3 Å². The average molecular weight is 393 g/mol. The number of anilines is 2. The van der Waals surface area contributed by atoms with Crippen molar-refractivity contribution < 1.29 is 4.79 Å². The molecular weight excluding hydrogens is 366 g/mol. The molecule has 152 valence electrons. The minimum Gasteiger partial charge on any atom is -0.384 e. The molecule has 8 heteroatoms. The Morgan fingerprint density at radius 1 is 1.28 bits per heavy atom. The number of aromatic nitrogens is 3. The van der Waals surface area contributed by atoms with Crippen molar-refractivity contribution in [2.75, 3.05) is 36.9 Å². The van der Waals surface area contributed by atoms with Crippen molar-refractivity contribution in [2.24, 2.45) is 0 Å². The second kappa shape index (κ2) is 7.11. The number of hydrogen-bond donors (Lipinski definition) is 5. The molecule has 2 aliphatic heterocycles. The van der Waals surface area contributed by atoms with E-state index in [4.69, 9.17) is 0 Å². The SMILES string of the molecule is CNc1c(C(=O)NCCc2ccc(N3CC4CC3CN4)cc2)[nH]c2nc(C)[nH]c12. The zero-order valence-corrected chi connectivity index (χ0v) is 16.8. The molecule has 3 aromatic rings. The zero-order valence-electron chi connectivity index (χ0n) is 16.8. The molecule has 2 unspecified atom stereocenters. The summed E-state index contributed by atoms with van der Waals surface area (Å²) >= 11 is 0. The number of hydrogen-bond acceptors (Lipinski definition) is 5. The van der Waals surface area contributed by atoms with Gasteiger partial charge in [0.05, 0.1) is 5.69 Å². The van der Waals surface area contributed by atoms with Crippen molar-refractivity contribution in [1.29, 1.82) is 0 Å². The fourth-order valence-corrected chi connectivity index (χ4v) is 4.63. The van der Waals surface area contributed by atoms with Crippen molar-refractivity contribution in [1.82, 2.24) is 25.6 Å². The largest absolute Gasteiger partial charge is 0.384 e.